The van der Waals surface area contributed by atoms with Gasteiger partial charge in [-0.05, 0) is 5.56 Å². The number of benzene rings is 1. The maximum atomic E-state index is 12.5. The number of amides is 2. The van der Waals surface area contributed by atoms with Crippen molar-refractivity contribution in [1.82, 2.24) is 10.2 Å². The van der Waals surface area contributed by atoms with Crippen LogP contribution in [0.2, 0.25) is 0 Å². The highest BCUT2D eigenvalue weighted by atomic mass is 32.2. The molecule has 2 aliphatic heterocycles. The number of esters is 1. The smallest absolute Gasteiger partial charge is 0.352 e. The number of hydrogen-bond donors (Lipinski definition) is 3. The second-order valence-electron chi connectivity index (χ2n) is 6.25. The number of hydrogen-bond acceptors (Lipinski definition) is 7. The number of β-lactam (4-membered cyclic amide) rings is 1. The summed E-state index contributed by atoms with van der Waals surface area (Å²) in [7, 11) is 0. The van der Waals surface area contributed by atoms with E-state index in [0.29, 0.717) is 11.1 Å². The van der Waals surface area contributed by atoms with Gasteiger partial charge in [-0.2, -0.15) is 0 Å². The molecule has 1 saturated heterocycles. The zero-order chi connectivity index (χ0) is 20.4. The Morgan fingerprint density at radius 1 is 1.32 bits per heavy atom. The molecule has 3 rings (SSSR count). The van der Waals surface area contributed by atoms with Gasteiger partial charge in [0.1, 0.15) is 23.7 Å². The highest BCUT2D eigenvalue weighted by Crippen LogP contribution is 2.40. The lowest BCUT2D eigenvalue weighted by atomic mass is 10.0. The van der Waals surface area contributed by atoms with E-state index in [1.807, 2.05) is 0 Å². The highest BCUT2D eigenvalue weighted by molar-refractivity contribution is 8.00. The van der Waals surface area contributed by atoms with E-state index in [0.717, 1.165) is 4.90 Å². The van der Waals surface area contributed by atoms with Crippen LogP contribution in [-0.4, -0.2) is 62.6 Å². The van der Waals surface area contributed by atoms with Gasteiger partial charge in [-0.25, -0.2) is 4.79 Å². The van der Waals surface area contributed by atoms with E-state index in [2.05, 4.69) is 5.32 Å². The molecule has 0 saturated carbocycles. The molecule has 3 atom stereocenters. The Morgan fingerprint density at radius 2 is 2.00 bits per heavy atom. The summed E-state index contributed by atoms with van der Waals surface area (Å²) in [5.41, 5.74) is 0.463. The first-order valence-corrected chi connectivity index (χ1v) is 9.43. The van der Waals surface area contributed by atoms with E-state index in [4.69, 9.17) is 4.74 Å². The molecule has 148 valence electrons. The van der Waals surface area contributed by atoms with Gasteiger partial charge in [-0.1, -0.05) is 30.3 Å². The fourth-order valence-electron chi connectivity index (χ4n) is 3.00. The maximum absolute atomic E-state index is 12.5. The minimum Gasteiger partial charge on any atom is -0.477 e. The number of carboxylic acids is 1. The summed E-state index contributed by atoms with van der Waals surface area (Å²) in [4.78, 5) is 48.5. The first-order valence-electron chi connectivity index (χ1n) is 8.38. The van der Waals surface area contributed by atoms with Gasteiger partial charge in [0.2, 0.25) is 0 Å². The van der Waals surface area contributed by atoms with Crippen LogP contribution in [0.5, 0.6) is 0 Å². The second kappa shape index (κ2) is 8.03. The first kappa shape index (κ1) is 19.9. The van der Waals surface area contributed by atoms with Gasteiger partial charge in [-0.15, -0.1) is 11.8 Å². The number of nitrogens with zero attached hydrogens (tertiary/aromatic N) is 1. The number of thioether (sulfide) groups is 1. The van der Waals surface area contributed by atoms with Crippen molar-refractivity contribution in [2.75, 3.05) is 12.4 Å². The minimum atomic E-state index is -1.44. The highest BCUT2D eigenvalue weighted by Gasteiger charge is 2.54. The minimum absolute atomic E-state index is 0.218. The molecule has 0 spiro atoms. The Balaban J connectivity index is 1.72. The van der Waals surface area contributed by atoms with Crippen molar-refractivity contribution in [2.45, 2.75) is 24.4 Å². The topological polar surface area (TPSA) is 133 Å². The van der Waals surface area contributed by atoms with E-state index >= 15 is 0 Å². The fourth-order valence-corrected chi connectivity index (χ4v) is 4.33. The molecule has 1 unspecified atom stereocenters. The Bertz CT molecular complexity index is 855. The number of fused-ring (bicyclic) bond motifs is 1. The number of carbonyl (C=O) groups excluding carboxylic acids is 3. The summed E-state index contributed by atoms with van der Waals surface area (Å²) in [5, 5.41) is 21.5. The summed E-state index contributed by atoms with van der Waals surface area (Å²) in [6.45, 7) is 0.988. The van der Waals surface area contributed by atoms with E-state index in [-0.39, 0.29) is 18.1 Å². The molecule has 0 bridgehead atoms. The van der Waals surface area contributed by atoms with Gasteiger partial charge in [0.25, 0.3) is 11.8 Å². The summed E-state index contributed by atoms with van der Waals surface area (Å²) in [5.74, 6) is -2.97. The SMILES string of the molecule is CC(=O)OCC1=C(C(=O)O)N2C(=O)[C@H](NC(=O)C(O)c3ccccc3)[C@H]2SC1. The van der Waals surface area contributed by atoms with Crippen LogP contribution >= 0.6 is 11.8 Å². The van der Waals surface area contributed by atoms with Gasteiger partial charge in [-0.3, -0.25) is 19.3 Å². The van der Waals surface area contributed by atoms with Crippen molar-refractivity contribution in [2.24, 2.45) is 0 Å². The van der Waals surface area contributed by atoms with Crippen molar-refractivity contribution >= 4 is 35.5 Å². The molecule has 1 aromatic carbocycles. The number of carbonyl (C=O) groups is 4. The fraction of sp³-hybridized carbons (Fsp3) is 0.333. The average Bonchev–Trinajstić information content (AvgIpc) is 2.69. The number of aliphatic carboxylic acids is 1. The number of nitrogens with one attached hydrogen (secondary N) is 1. The molecular formula is C18H18N2O7S. The molecule has 9 nitrogen and oxygen atoms in total. The standard InChI is InChI=1S/C18H18N2O7S/c1-9(21)27-7-11-8-28-17-12(16(24)20(17)13(11)18(25)26)19-15(23)14(22)10-5-3-2-4-6-10/h2-6,12,14,17,22H,7-8H2,1H3,(H,19,23)(H,25,26)/t12-,14?,17+/m0/s1. The van der Waals surface area contributed by atoms with Gasteiger partial charge in [0.05, 0.1) is 0 Å². The lowest BCUT2D eigenvalue weighted by Gasteiger charge is -2.49. The Morgan fingerprint density at radius 3 is 2.61 bits per heavy atom. The third-order valence-electron chi connectivity index (χ3n) is 4.36. The predicted octanol–water partition coefficient (Wildman–Crippen LogP) is 0.0217. The molecule has 1 aromatic rings. The van der Waals surface area contributed by atoms with Gasteiger partial charge >= 0.3 is 11.9 Å². The van der Waals surface area contributed by atoms with Crippen molar-refractivity contribution in [3.8, 4) is 0 Å². The van der Waals surface area contributed by atoms with Gasteiger partial charge in [0.15, 0.2) is 6.10 Å². The monoisotopic (exact) mass is 406 g/mol. The molecule has 3 N–H and O–H groups in total. The van der Waals surface area contributed by atoms with Crippen LogP contribution in [0.25, 0.3) is 0 Å². The van der Waals surface area contributed by atoms with Crippen LogP contribution in [0, 0.1) is 0 Å². The lowest BCUT2D eigenvalue weighted by molar-refractivity contribution is -0.152. The van der Waals surface area contributed by atoms with Crippen molar-refractivity contribution in [3.63, 3.8) is 0 Å². The summed E-state index contributed by atoms with van der Waals surface area (Å²) in [6.07, 6.45) is -1.44. The average molecular weight is 406 g/mol. The van der Waals surface area contributed by atoms with Crippen molar-refractivity contribution in [1.29, 1.82) is 0 Å². The summed E-state index contributed by atoms with van der Waals surface area (Å²) >= 11 is 1.25. The van der Waals surface area contributed by atoms with Crippen molar-refractivity contribution < 1.29 is 34.1 Å². The van der Waals surface area contributed by atoms with Gasteiger partial charge < -0.3 is 20.3 Å². The Kier molecular flexibility index (Phi) is 5.71. The zero-order valence-electron chi connectivity index (χ0n) is 14.8. The molecule has 2 aliphatic rings. The second-order valence-corrected chi connectivity index (χ2v) is 7.35. The van der Waals surface area contributed by atoms with Crippen LogP contribution in [-0.2, 0) is 23.9 Å². The lowest BCUT2D eigenvalue weighted by Crippen LogP contribution is -2.71. The third kappa shape index (κ3) is 3.73. The molecule has 0 radical (unpaired) electrons. The molecule has 2 amide bonds. The molecule has 1 fully saturated rings. The Hall–Kier alpha value is -2.85. The summed E-state index contributed by atoms with van der Waals surface area (Å²) in [6, 6.07) is 7.32. The largest absolute Gasteiger partial charge is 0.477 e. The molecular weight excluding hydrogens is 388 g/mol. The zero-order valence-corrected chi connectivity index (χ0v) is 15.6. The van der Waals surface area contributed by atoms with Crippen LogP contribution < -0.4 is 5.32 Å². The number of rotatable bonds is 6. The van der Waals surface area contributed by atoms with E-state index in [9.17, 15) is 29.4 Å². The molecule has 0 aromatic heterocycles. The van der Waals surface area contributed by atoms with E-state index in [1.54, 1.807) is 30.3 Å². The molecule has 0 aliphatic carbocycles. The molecule has 2 heterocycles. The van der Waals surface area contributed by atoms with Crippen LogP contribution in [0.15, 0.2) is 41.6 Å². The quantitative estimate of drug-likeness (QED) is 0.445. The molecule has 28 heavy (non-hydrogen) atoms. The predicted molar refractivity (Wildman–Crippen MR) is 97.7 cm³/mol. The Labute approximate surface area is 164 Å². The molecule has 10 heteroatoms. The van der Waals surface area contributed by atoms with Crippen LogP contribution in [0.3, 0.4) is 0 Å². The third-order valence-corrected chi connectivity index (χ3v) is 5.70. The summed E-state index contributed by atoms with van der Waals surface area (Å²) < 4.78 is 4.86. The van der Waals surface area contributed by atoms with E-state index < -0.39 is 41.3 Å². The van der Waals surface area contributed by atoms with Crippen LogP contribution in [0.1, 0.15) is 18.6 Å². The van der Waals surface area contributed by atoms with Crippen molar-refractivity contribution in [3.05, 3.63) is 47.2 Å². The van der Waals surface area contributed by atoms with Crippen LogP contribution in [0.4, 0.5) is 0 Å². The number of carboxylic acid groups (broad SMARTS) is 1. The first-order chi connectivity index (χ1) is 13.3. The number of ether oxygens (including phenoxy) is 1. The van der Waals surface area contributed by atoms with Gasteiger partial charge in [0, 0.05) is 18.2 Å². The number of aliphatic hydroxyl groups excluding tert-OH is 1. The number of aliphatic hydroxyl groups is 1. The normalized spacial score (nSPS) is 22.1. The van der Waals surface area contributed by atoms with E-state index in [1.165, 1.54) is 18.7 Å². The maximum Gasteiger partial charge on any atom is 0.352 e.